The minimum absolute atomic E-state index is 0.149. The maximum atomic E-state index is 14.8. The highest BCUT2D eigenvalue weighted by Gasteiger charge is 2.65. The molecule has 0 saturated carbocycles. The third-order valence-corrected chi connectivity index (χ3v) is 13.6. The zero-order chi connectivity index (χ0) is 31.3. The van der Waals surface area contributed by atoms with Gasteiger partial charge in [-0.2, -0.15) is 0 Å². The van der Waals surface area contributed by atoms with Gasteiger partial charge in [0.25, 0.3) is 5.88 Å². The van der Waals surface area contributed by atoms with E-state index in [1.165, 1.54) is 6.08 Å². The molecule has 9 heteroatoms. The molecule has 0 fully saturated rings. The monoisotopic (exact) mass is 610 g/mol. The second-order valence-electron chi connectivity index (χ2n) is 13.3. The summed E-state index contributed by atoms with van der Waals surface area (Å²) in [4.78, 5) is 31.2. The lowest BCUT2D eigenvalue weighted by atomic mass is 9.65. The third-order valence-electron chi connectivity index (χ3n) is 9.19. The van der Waals surface area contributed by atoms with Gasteiger partial charge in [-0.1, -0.05) is 83.9 Å². The fourth-order valence-electron chi connectivity index (χ4n) is 5.72. The van der Waals surface area contributed by atoms with Gasteiger partial charge < -0.3 is 18.4 Å². The summed E-state index contributed by atoms with van der Waals surface area (Å²) >= 11 is 0. The van der Waals surface area contributed by atoms with Crippen molar-refractivity contribution in [3.05, 3.63) is 59.4 Å². The minimum Gasteiger partial charge on any atom is -0.475 e. The fraction of sp³-hybridized carbons (Fsp3) is 0.618. The van der Waals surface area contributed by atoms with Crippen molar-refractivity contribution in [1.29, 1.82) is 0 Å². The van der Waals surface area contributed by atoms with Crippen LogP contribution in [-0.2, 0) is 20.5 Å². The number of carbonyl (C=O) groups excluding carboxylic acids is 2. The highest BCUT2D eigenvalue weighted by molar-refractivity contribution is 6.74. The largest absolute Gasteiger partial charge is 0.475 e. The topological polar surface area (TPSA) is 91.1 Å². The fourth-order valence-corrected chi connectivity index (χ4v) is 7.17. The van der Waals surface area contributed by atoms with Crippen LogP contribution in [0.25, 0.3) is 0 Å². The Balaban J connectivity index is 1.87. The summed E-state index contributed by atoms with van der Waals surface area (Å²) in [5, 5.41) is 4.06. The van der Waals surface area contributed by atoms with Crippen LogP contribution in [0.3, 0.4) is 0 Å². The Morgan fingerprint density at radius 2 is 1.74 bits per heavy atom. The molecule has 0 bridgehead atoms. The SMILES string of the molecule is CCCCOCCN(Cc1ccccc1)[C@@H]1c2onc(OCCCC)c2C(=O)[C@@]2(O[Si](C)(C)C(C)(C)C)C(=O)C=CC[C@@H]12. The second-order valence-corrected chi connectivity index (χ2v) is 18.1. The van der Waals surface area contributed by atoms with E-state index < -0.39 is 31.7 Å². The van der Waals surface area contributed by atoms with Crippen LogP contribution in [0.4, 0.5) is 0 Å². The number of allylic oxidation sites excluding steroid dienone is 1. The Morgan fingerprint density at radius 1 is 1.05 bits per heavy atom. The van der Waals surface area contributed by atoms with Crippen LogP contribution in [0.1, 0.15) is 94.4 Å². The number of carbonyl (C=O) groups is 2. The Kier molecular flexibility index (Phi) is 10.9. The quantitative estimate of drug-likeness (QED) is 0.118. The first-order valence-electron chi connectivity index (χ1n) is 15.9. The molecule has 0 saturated heterocycles. The van der Waals surface area contributed by atoms with Crippen molar-refractivity contribution in [2.75, 3.05) is 26.4 Å². The number of aromatic nitrogens is 1. The van der Waals surface area contributed by atoms with Gasteiger partial charge in [-0.05, 0) is 54.2 Å². The Hall–Kier alpha value is -2.59. The Bertz CT molecular complexity index is 1270. The molecule has 1 aromatic heterocycles. The van der Waals surface area contributed by atoms with Crippen molar-refractivity contribution >= 4 is 19.9 Å². The zero-order valence-electron chi connectivity index (χ0n) is 27.1. The average Bonchev–Trinajstić information content (AvgIpc) is 3.37. The van der Waals surface area contributed by atoms with Crippen LogP contribution in [0, 0.1) is 5.92 Å². The first-order valence-corrected chi connectivity index (χ1v) is 18.8. The van der Waals surface area contributed by atoms with Gasteiger partial charge in [-0.3, -0.25) is 14.5 Å². The predicted molar refractivity (Wildman–Crippen MR) is 170 cm³/mol. The Morgan fingerprint density at radius 3 is 2.42 bits per heavy atom. The summed E-state index contributed by atoms with van der Waals surface area (Å²) in [6, 6.07) is 9.76. The van der Waals surface area contributed by atoms with E-state index in [2.05, 4.69) is 69.9 Å². The third kappa shape index (κ3) is 6.90. The molecule has 0 spiro atoms. The number of nitrogens with zero attached hydrogens (tertiary/aromatic N) is 2. The van der Waals surface area contributed by atoms with Crippen LogP contribution in [0.15, 0.2) is 47.0 Å². The summed E-state index contributed by atoms with van der Waals surface area (Å²) in [5.74, 6) is -0.613. The molecule has 2 aliphatic carbocycles. The van der Waals surface area contributed by atoms with Gasteiger partial charge in [0.15, 0.2) is 25.5 Å². The van der Waals surface area contributed by atoms with E-state index >= 15 is 0 Å². The smallest absolute Gasteiger partial charge is 0.265 e. The molecule has 43 heavy (non-hydrogen) atoms. The van der Waals surface area contributed by atoms with Gasteiger partial charge in [-0.15, -0.1) is 0 Å². The van der Waals surface area contributed by atoms with Crippen molar-refractivity contribution < 1.29 is 28.0 Å². The van der Waals surface area contributed by atoms with Crippen LogP contribution in [-0.4, -0.2) is 61.9 Å². The summed E-state index contributed by atoms with van der Waals surface area (Å²) in [7, 11) is -2.63. The first kappa shape index (κ1) is 33.3. The molecular formula is C34H50N2O6Si. The molecular weight excluding hydrogens is 560 g/mol. The molecule has 8 nitrogen and oxygen atoms in total. The van der Waals surface area contributed by atoms with Crippen LogP contribution >= 0.6 is 0 Å². The number of unbranched alkanes of at least 4 members (excludes halogenated alkanes) is 2. The lowest BCUT2D eigenvalue weighted by Crippen LogP contribution is -2.66. The summed E-state index contributed by atoms with van der Waals surface area (Å²) in [6.45, 7) is 17.5. The minimum atomic E-state index is -2.63. The predicted octanol–water partition coefficient (Wildman–Crippen LogP) is 7.32. The zero-order valence-corrected chi connectivity index (χ0v) is 28.1. The number of ketones is 2. The number of rotatable bonds is 15. The van der Waals surface area contributed by atoms with Crippen LogP contribution in [0.5, 0.6) is 5.88 Å². The van der Waals surface area contributed by atoms with E-state index in [0.29, 0.717) is 45.1 Å². The maximum absolute atomic E-state index is 14.8. The van der Waals surface area contributed by atoms with Gasteiger partial charge in [0.2, 0.25) is 5.78 Å². The summed E-state index contributed by atoms with van der Waals surface area (Å²) in [6.07, 6.45) is 7.69. The highest BCUT2D eigenvalue weighted by Crippen LogP contribution is 2.54. The molecule has 236 valence electrons. The molecule has 0 N–H and O–H groups in total. The number of hydrogen-bond acceptors (Lipinski definition) is 8. The van der Waals surface area contributed by atoms with E-state index in [0.717, 1.165) is 31.2 Å². The molecule has 2 aromatic rings. The number of hydrogen-bond donors (Lipinski definition) is 0. The molecule has 1 heterocycles. The van der Waals surface area contributed by atoms with Gasteiger partial charge in [0.05, 0.1) is 19.3 Å². The van der Waals surface area contributed by atoms with Gasteiger partial charge in [0.1, 0.15) is 5.56 Å². The second kappa shape index (κ2) is 14.0. The molecule has 4 rings (SSSR count). The van der Waals surface area contributed by atoms with E-state index in [-0.39, 0.29) is 22.3 Å². The first-order chi connectivity index (χ1) is 20.5. The number of fused-ring (bicyclic) bond motifs is 2. The standard InChI is InChI=1S/C34H50N2O6Si/c1-8-10-21-39-23-20-36(24-25-16-13-12-14-17-25)29-26-18-15-19-27(37)34(26,42-43(6,7)33(3,4)5)31(38)28-30(29)41-35-32(28)40-22-11-9-2/h12-17,19,26,29H,8-11,18,20-24H2,1-7H3/t26-,29-,34-/m0/s1. The normalized spacial score (nSPS) is 22.1. The van der Waals surface area contributed by atoms with Crippen molar-refractivity contribution in [2.24, 2.45) is 5.92 Å². The highest BCUT2D eigenvalue weighted by atomic mass is 28.4. The molecule has 0 aliphatic heterocycles. The average molecular weight is 611 g/mol. The molecule has 0 radical (unpaired) electrons. The summed E-state index contributed by atoms with van der Waals surface area (Å²) < 4.78 is 25.2. The number of benzene rings is 1. The lowest BCUT2D eigenvalue weighted by molar-refractivity contribution is -0.136. The van der Waals surface area contributed by atoms with Crippen molar-refractivity contribution in [2.45, 2.75) is 103 Å². The molecule has 3 atom stereocenters. The molecule has 0 amide bonds. The van der Waals surface area contributed by atoms with Crippen LogP contribution in [0.2, 0.25) is 18.1 Å². The molecule has 0 unspecified atom stereocenters. The number of ether oxygens (including phenoxy) is 2. The molecule has 2 aliphatic rings. The van der Waals surface area contributed by atoms with E-state index in [9.17, 15) is 9.59 Å². The van der Waals surface area contributed by atoms with Crippen molar-refractivity contribution in [3.63, 3.8) is 0 Å². The maximum Gasteiger partial charge on any atom is 0.265 e. The number of Topliss-reactive ketones (excluding diaryl/α,β-unsaturated/α-hetero) is 1. The van der Waals surface area contributed by atoms with Gasteiger partial charge >= 0.3 is 0 Å². The van der Waals surface area contributed by atoms with Crippen molar-refractivity contribution in [1.82, 2.24) is 10.1 Å². The van der Waals surface area contributed by atoms with E-state index in [1.807, 2.05) is 24.3 Å². The Labute approximate surface area is 258 Å². The van der Waals surface area contributed by atoms with Gasteiger partial charge in [-0.25, -0.2) is 0 Å². The molecule has 1 aromatic carbocycles. The summed E-state index contributed by atoms with van der Waals surface area (Å²) in [5.41, 5.74) is -0.339. The lowest BCUT2D eigenvalue weighted by Gasteiger charge is -2.52. The van der Waals surface area contributed by atoms with E-state index in [4.69, 9.17) is 18.4 Å². The van der Waals surface area contributed by atoms with Crippen molar-refractivity contribution in [3.8, 4) is 5.88 Å². The van der Waals surface area contributed by atoms with Crippen LogP contribution < -0.4 is 4.74 Å². The van der Waals surface area contributed by atoms with E-state index in [1.54, 1.807) is 0 Å². The van der Waals surface area contributed by atoms with Gasteiger partial charge in [0, 0.05) is 25.6 Å².